The van der Waals surface area contributed by atoms with Crippen molar-refractivity contribution in [2.45, 2.75) is 0 Å². The molecule has 13 heavy (non-hydrogen) atoms. The van der Waals surface area contributed by atoms with Crippen molar-refractivity contribution in [1.82, 2.24) is 10.3 Å². The van der Waals surface area contributed by atoms with E-state index in [4.69, 9.17) is 0 Å². The second kappa shape index (κ2) is 2.96. The van der Waals surface area contributed by atoms with Crippen LogP contribution in [0.5, 0.6) is 0 Å². The van der Waals surface area contributed by atoms with Crippen LogP contribution in [-0.2, 0) is 0 Å². The van der Waals surface area contributed by atoms with E-state index >= 15 is 0 Å². The van der Waals surface area contributed by atoms with Crippen LogP contribution in [-0.4, -0.2) is 24.6 Å². The molecule has 3 nitrogen and oxygen atoms in total. The van der Waals surface area contributed by atoms with Crippen molar-refractivity contribution in [2.24, 2.45) is 17.8 Å². The molecule has 2 aliphatic rings. The molecule has 0 bridgehead atoms. The molecule has 1 aliphatic carbocycles. The maximum absolute atomic E-state index is 4.20. The van der Waals surface area contributed by atoms with Crippen LogP contribution < -0.4 is 10.6 Å². The summed E-state index contributed by atoms with van der Waals surface area (Å²) in [6, 6.07) is 0. The van der Waals surface area contributed by atoms with Gasteiger partial charge in [0.1, 0.15) is 0 Å². The van der Waals surface area contributed by atoms with Gasteiger partial charge in [0.2, 0.25) is 0 Å². The molecule has 0 aromatic carbocycles. The molecule has 1 saturated carbocycles. The smallest absolute Gasteiger partial charge is 0.182 e. The first kappa shape index (κ1) is 7.76. The zero-order chi connectivity index (χ0) is 8.67. The topological polar surface area (TPSA) is 37.0 Å². The normalized spacial score (nSPS) is 35.8. The highest BCUT2D eigenvalue weighted by Crippen LogP contribution is 2.48. The monoisotopic (exact) mass is 195 g/mol. The van der Waals surface area contributed by atoms with E-state index in [1.807, 2.05) is 11.6 Å². The number of fused-ring (bicyclic) bond motifs is 1. The van der Waals surface area contributed by atoms with Gasteiger partial charge in [0, 0.05) is 18.1 Å². The second-order valence-electron chi connectivity index (χ2n) is 3.87. The Hall–Kier alpha value is -0.610. The van der Waals surface area contributed by atoms with E-state index in [0.29, 0.717) is 0 Å². The number of aromatic nitrogens is 1. The molecule has 0 radical (unpaired) electrons. The fourth-order valence-electron chi connectivity index (χ4n) is 2.37. The molecule has 3 rings (SSSR count). The van der Waals surface area contributed by atoms with Crippen LogP contribution in [0.25, 0.3) is 0 Å². The van der Waals surface area contributed by atoms with E-state index in [1.54, 1.807) is 11.3 Å². The number of nitrogens with one attached hydrogen (secondary N) is 2. The lowest BCUT2D eigenvalue weighted by molar-refractivity contribution is 0.615. The lowest BCUT2D eigenvalue weighted by Gasteiger charge is -2.04. The van der Waals surface area contributed by atoms with Gasteiger partial charge in [-0.2, -0.15) is 0 Å². The van der Waals surface area contributed by atoms with Crippen molar-refractivity contribution in [3.05, 3.63) is 11.6 Å². The van der Waals surface area contributed by atoms with E-state index in [-0.39, 0.29) is 0 Å². The summed E-state index contributed by atoms with van der Waals surface area (Å²) in [5.41, 5.74) is 0. The Morgan fingerprint density at radius 2 is 2.38 bits per heavy atom. The summed E-state index contributed by atoms with van der Waals surface area (Å²) in [5, 5.41) is 9.88. The van der Waals surface area contributed by atoms with Crippen molar-refractivity contribution in [2.75, 3.05) is 25.0 Å². The number of hydrogen-bond donors (Lipinski definition) is 2. The van der Waals surface area contributed by atoms with Crippen molar-refractivity contribution < 1.29 is 0 Å². The minimum Gasteiger partial charge on any atom is -0.361 e. The molecule has 4 heteroatoms. The van der Waals surface area contributed by atoms with E-state index < -0.39 is 0 Å². The number of rotatable bonds is 3. The van der Waals surface area contributed by atoms with Crippen LogP contribution >= 0.6 is 11.3 Å². The zero-order valence-electron chi connectivity index (χ0n) is 7.36. The van der Waals surface area contributed by atoms with Gasteiger partial charge >= 0.3 is 0 Å². The predicted octanol–water partition coefficient (Wildman–Crippen LogP) is 1.02. The third-order valence-corrected chi connectivity index (χ3v) is 3.92. The molecule has 0 spiro atoms. The molecular formula is C9H13N3S. The van der Waals surface area contributed by atoms with Gasteiger partial charge in [-0.15, -0.1) is 11.3 Å². The lowest BCUT2D eigenvalue weighted by atomic mass is 10.3. The molecule has 1 aromatic rings. The fourth-order valence-corrected chi connectivity index (χ4v) is 2.90. The van der Waals surface area contributed by atoms with Crippen LogP contribution in [0.3, 0.4) is 0 Å². The van der Waals surface area contributed by atoms with Crippen LogP contribution in [0.15, 0.2) is 11.6 Å². The minimum atomic E-state index is 0.908. The quantitative estimate of drug-likeness (QED) is 0.756. The summed E-state index contributed by atoms with van der Waals surface area (Å²) in [5.74, 6) is 2.81. The highest BCUT2D eigenvalue weighted by Gasteiger charge is 2.52. The van der Waals surface area contributed by atoms with Gasteiger partial charge in [-0.1, -0.05) is 0 Å². The average molecular weight is 195 g/mol. The Kier molecular flexibility index (Phi) is 1.77. The number of thiazole rings is 1. The molecule has 1 saturated heterocycles. The first-order valence-electron chi connectivity index (χ1n) is 4.79. The van der Waals surface area contributed by atoms with Gasteiger partial charge in [0.25, 0.3) is 0 Å². The van der Waals surface area contributed by atoms with Crippen LogP contribution in [0.1, 0.15) is 0 Å². The van der Waals surface area contributed by atoms with E-state index in [1.165, 1.54) is 13.1 Å². The first-order valence-corrected chi connectivity index (χ1v) is 5.67. The minimum absolute atomic E-state index is 0.908. The van der Waals surface area contributed by atoms with E-state index in [9.17, 15) is 0 Å². The van der Waals surface area contributed by atoms with Gasteiger partial charge in [-0.3, -0.25) is 0 Å². The second-order valence-corrected chi connectivity index (χ2v) is 4.76. The van der Waals surface area contributed by atoms with Crippen LogP contribution in [0, 0.1) is 17.8 Å². The van der Waals surface area contributed by atoms with E-state index in [2.05, 4.69) is 15.6 Å². The maximum Gasteiger partial charge on any atom is 0.182 e. The molecule has 2 heterocycles. The van der Waals surface area contributed by atoms with Gasteiger partial charge in [0.05, 0.1) is 0 Å². The standard InChI is InChI=1S/C9H13N3S/c1-2-13-9(11-1)12-5-8-6-3-10-4-7(6)8/h1-2,6-8,10H,3-5H2,(H,11,12). The number of hydrogen-bond acceptors (Lipinski definition) is 4. The van der Waals surface area contributed by atoms with E-state index in [0.717, 1.165) is 29.4 Å². The summed E-state index contributed by atoms with van der Waals surface area (Å²) in [6.45, 7) is 3.58. The molecule has 70 valence electrons. The van der Waals surface area contributed by atoms with Crippen molar-refractivity contribution in [3.8, 4) is 0 Å². The Labute approximate surface area is 81.6 Å². The molecule has 0 amide bonds. The molecule has 2 fully saturated rings. The van der Waals surface area contributed by atoms with Gasteiger partial charge in [-0.05, 0) is 30.8 Å². The predicted molar refractivity (Wildman–Crippen MR) is 53.9 cm³/mol. The Morgan fingerprint density at radius 1 is 1.54 bits per heavy atom. The molecular weight excluding hydrogens is 182 g/mol. The third-order valence-electron chi connectivity index (χ3n) is 3.19. The summed E-state index contributed by atoms with van der Waals surface area (Å²) in [4.78, 5) is 4.20. The molecule has 1 aliphatic heterocycles. The van der Waals surface area contributed by atoms with Gasteiger partial charge in [-0.25, -0.2) is 4.98 Å². The first-order chi connectivity index (χ1) is 6.45. The largest absolute Gasteiger partial charge is 0.361 e. The Balaban J connectivity index is 1.50. The number of piperidine rings is 1. The lowest BCUT2D eigenvalue weighted by Crippen LogP contribution is -2.18. The van der Waals surface area contributed by atoms with Gasteiger partial charge < -0.3 is 10.6 Å². The molecule has 2 N–H and O–H groups in total. The SMILES string of the molecule is c1csc(NCC2C3CNCC32)n1. The third kappa shape index (κ3) is 1.34. The summed E-state index contributed by atoms with van der Waals surface area (Å²) in [6.07, 6.45) is 1.85. The maximum atomic E-state index is 4.20. The molecule has 2 atom stereocenters. The van der Waals surface area contributed by atoms with Crippen LogP contribution in [0.4, 0.5) is 5.13 Å². The summed E-state index contributed by atoms with van der Waals surface area (Å²) >= 11 is 1.68. The zero-order valence-corrected chi connectivity index (χ0v) is 8.18. The number of anilines is 1. The Bertz CT molecular complexity index is 275. The Morgan fingerprint density at radius 3 is 3.08 bits per heavy atom. The van der Waals surface area contributed by atoms with Gasteiger partial charge in [0.15, 0.2) is 5.13 Å². The summed E-state index contributed by atoms with van der Waals surface area (Å²) in [7, 11) is 0. The van der Waals surface area contributed by atoms with Crippen LogP contribution in [0.2, 0.25) is 0 Å². The molecule has 2 unspecified atom stereocenters. The number of nitrogens with zero attached hydrogens (tertiary/aromatic N) is 1. The summed E-state index contributed by atoms with van der Waals surface area (Å²) < 4.78 is 0. The fraction of sp³-hybridized carbons (Fsp3) is 0.667. The van der Waals surface area contributed by atoms with Crippen molar-refractivity contribution >= 4 is 16.5 Å². The molecule has 1 aromatic heterocycles. The highest BCUT2D eigenvalue weighted by atomic mass is 32.1. The highest BCUT2D eigenvalue weighted by molar-refractivity contribution is 7.13. The average Bonchev–Trinajstić information content (AvgIpc) is 2.68. The van der Waals surface area contributed by atoms with Crippen molar-refractivity contribution in [3.63, 3.8) is 0 Å². The van der Waals surface area contributed by atoms with Crippen molar-refractivity contribution in [1.29, 1.82) is 0 Å².